The molecule has 14 rings (SSSR count). The normalized spacial score (nSPS) is 15.3. The zero-order chi connectivity index (χ0) is 55.8. The molecule has 5 heteroatoms. The van der Waals surface area contributed by atoms with E-state index in [0.717, 1.165) is 38.1 Å². The number of pyridine rings is 1. The average Bonchev–Trinajstić information content (AvgIpc) is 3.65. The minimum absolute atomic E-state index is 0.0358. The van der Waals surface area contributed by atoms with Crippen LogP contribution >= 0.6 is 0 Å². The summed E-state index contributed by atoms with van der Waals surface area (Å²) in [6.45, 7) is 1.56. The Kier molecular flexibility index (Phi) is 5.10. The third-order valence-corrected chi connectivity index (χ3v) is 12.5. The molecule has 0 fully saturated rings. The Morgan fingerprint density at radius 2 is 1.05 bits per heavy atom. The van der Waals surface area contributed by atoms with Gasteiger partial charge in [-0.05, 0) is 84.2 Å². The number of benzene rings is 9. The van der Waals surface area contributed by atoms with Gasteiger partial charge in [-0.3, -0.25) is 4.57 Å². The number of para-hydroxylation sites is 7. The number of rotatable bonds is 5. The number of fused-ring (bicyclic) bond motifs is 12. The van der Waals surface area contributed by atoms with Crippen LogP contribution in [0.4, 0.5) is 0 Å². The summed E-state index contributed by atoms with van der Waals surface area (Å²) >= 11 is 0. The van der Waals surface area contributed by atoms with Gasteiger partial charge in [-0.15, -0.1) is 0 Å². The zero-order valence-corrected chi connectivity index (χ0v) is 34.2. The molecule has 0 N–H and O–H groups in total. The van der Waals surface area contributed by atoms with Crippen LogP contribution in [-0.4, -0.2) is 18.7 Å². The van der Waals surface area contributed by atoms with E-state index in [-0.39, 0.29) is 72.4 Å². The lowest BCUT2D eigenvalue weighted by molar-refractivity contribution is 0.669. The first-order valence-corrected chi connectivity index (χ1v) is 21.0. The lowest BCUT2D eigenvalue weighted by Gasteiger charge is -2.20. The minimum atomic E-state index is -0.636. The van der Waals surface area contributed by atoms with Crippen molar-refractivity contribution >= 4 is 87.4 Å². The van der Waals surface area contributed by atoms with Gasteiger partial charge in [0, 0.05) is 54.7 Å². The summed E-state index contributed by atoms with van der Waals surface area (Å²) in [4.78, 5) is 5.52. The van der Waals surface area contributed by atoms with Gasteiger partial charge in [-0.25, -0.2) is 4.98 Å². The van der Waals surface area contributed by atoms with E-state index in [1.807, 2.05) is 109 Å². The maximum absolute atomic E-state index is 9.57. The van der Waals surface area contributed by atoms with Gasteiger partial charge in [-0.2, -0.15) is 0 Å². The highest BCUT2D eigenvalue weighted by Crippen LogP contribution is 2.44. The summed E-state index contributed by atoms with van der Waals surface area (Å²) in [5.74, 6) is -0.0712. The monoisotopic (exact) mass is 845 g/mol. The first-order valence-electron chi connectivity index (χ1n) is 28.5. The molecule has 5 aromatic heterocycles. The van der Waals surface area contributed by atoms with Crippen molar-refractivity contribution in [1.29, 1.82) is 0 Å². The number of hydrogen-bond acceptors (Lipinski definition) is 2. The fourth-order valence-electron chi connectivity index (χ4n) is 9.81. The van der Waals surface area contributed by atoms with E-state index >= 15 is 0 Å². The van der Waals surface area contributed by atoms with Crippen molar-refractivity contribution in [3.8, 4) is 39.6 Å². The van der Waals surface area contributed by atoms with Crippen molar-refractivity contribution < 1.29 is 25.0 Å². The van der Waals surface area contributed by atoms with Gasteiger partial charge in [0.15, 0.2) is 0 Å². The lowest BCUT2D eigenvalue weighted by atomic mass is 9.94. The molecule has 0 atom stereocenters. The molecule has 304 valence electrons. The standard InChI is InChI=1S/C60H38N4O/c1-37-16-14-24-47-45-21-6-12-29-54(45)64(60(37)47)58-36-39(62-50-25-8-2-17-41(50)42-18-3-9-26-51(42)62)35-49(61-58)59-40(38-32-33-57-48(34-38)46-22-7-13-31-56(46)65-57)23-15-30-55(59)63-52-27-10-4-19-43(52)44-20-5-11-28-53(44)63/h2-36H,1H3/i2D,3D,6D,8D,9D,12D,14D,16D,17D,18D,21D,24D,25D,26D,29D. The summed E-state index contributed by atoms with van der Waals surface area (Å²) in [5, 5.41) is 3.10. The summed E-state index contributed by atoms with van der Waals surface area (Å²) in [6, 6.07) is 30.2. The van der Waals surface area contributed by atoms with Crippen LogP contribution in [-0.2, 0) is 0 Å². The third-order valence-electron chi connectivity index (χ3n) is 12.5. The van der Waals surface area contributed by atoms with Crippen LogP contribution in [0.25, 0.3) is 127 Å². The van der Waals surface area contributed by atoms with Gasteiger partial charge in [-0.1, -0.05) is 145 Å². The molecule has 0 saturated heterocycles. The molecule has 65 heavy (non-hydrogen) atoms. The first kappa shape index (κ1) is 24.2. The van der Waals surface area contributed by atoms with E-state index in [9.17, 15) is 9.60 Å². The van der Waals surface area contributed by atoms with Crippen LogP contribution in [0.3, 0.4) is 0 Å². The second-order valence-electron chi connectivity index (χ2n) is 16.0. The molecule has 0 unspecified atom stereocenters. The molecule has 5 heterocycles. The van der Waals surface area contributed by atoms with E-state index in [4.69, 9.17) is 20.4 Å². The number of hydrogen-bond donors (Lipinski definition) is 0. The molecule has 5 nitrogen and oxygen atoms in total. The summed E-state index contributed by atoms with van der Waals surface area (Å²) in [7, 11) is 0. The van der Waals surface area contributed by atoms with E-state index in [1.54, 1.807) is 13.0 Å². The molecule has 9 aromatic carbocycles. The average molecular weight is 846 g/mol. The Bertz CT molecular complexity index is 4780. The van der Waals surface area contributed by atoms with Crippen LogP contribution < -0.4 is 0 Å². The quantitative estimate of drug-likeness (QED) is 0.173. The summed E-state index contributed by atoms with van der Waals surface area (Å²) in [6.07, 6.45) is 0. The number of aryl methyl sites for hydroxylation is 1. The predicted molar refractivity (Wildman–Crippen MR) is 270 cm³/mol. The largest absolute Gasteiger partial charge is 0.456 e. The predicted octanol–water partition coefficient (Wildman–Crippen LogP) is 15.9. The molecule has 0 saturated carbocycles. The van der Waals surface area contributed by atoms with Gasteiger partial charge in [0.2, 0.25) is 0 Å². The van der Waals surface area contributed by atoms with E-state index in [2.05, 4.69) is 4.57 Å². The smallest absolute Gasteiger partial charge is 0.140 e. The Balaban J connectivity index is 1.24. The van der Waals surface area contributed by atoms with Gasteiger partial charge >= 0.3 is 0 Å². The van der Waals surface area contributed by atoms with E-state index < -0.39 is 84.6 Å². The molecule has 0 aliphatic rings. The molecular weight excluding hydrogens is 793 g/mol. The third kappa shape index (κ3) is 5.18. The highest BCUT2D eigenvalue weighted by molar-refractivity contribution is 6.13. The van der Waals surface area contributed by atoms with Crippen molar-refractivity contribution in [2.24, 2.45) is 0 Å². The molecule has 0 radical (unpaired) electrons. The maximum Gasteiger partial charge on any atom is 0.140 e. The van der Waals surface area contributed by atoms with E-state index in [0.29, 0.717) is 28.0 Å². The van der Waals surface area contributed by atoms with Crippen molar-refractivity contribution in [2.75, 3.05) is 0 Å². The van der Waals surface area contributed by atoms with Crippen LogP contribution in [0.1, 0.15) is 26.1 Å². The molecule has 0 aliphatic carbocycles. The fourth-order valence-corrected chi connectivity index (χ4v) is 9.81. The Labute approximate surface area is 394 Å². The molecular formula is C60H38N4O. The second kappa shape index (κ2) is 13.7. The van der Waals surface area contributed by atoms with Crippen molar-refractivity contribution in [2.45, 2.75) is 6.92 Å². The number of aromatic nitrogens is 4. The van der Waals surface area contributed by atoms with E-state index in [1.165, 1.54) is 15.2 Å². The van der Waals surface area contributed by atoms with Gasteiger partial charge < -0.3 is 13.6 Å². The number of furan rings is 1. The zero-order valence-electron chi connectivity index (χ0n) is 49.2. The highest BCUT2D eigenvalue weighted by atomic mass is 16.3. The van der Waals surface area contributed by atoms with Crippen LogP contribution in [0.15, 0.2) is 216 Å². The summed E-state index contributed by atoms with van der Waals surface area (Å²) in [5.41, 5.74) is 5.41. The molecule has 0 bridgehead atoms. The minimum Gasteiger partial charge on any atom is -0.456 e. The Morgan fingerprint density at radius 1 is 0.446 bits per heavy atom. The topological polar surface area (TPSA) is 40.8 Å². The highest BCUT2D eigenvalue weighted by Gasteiger charge is 2.24. The number of nitrogens with zero attached hydrogens (tertiary/aromatic N) is 4. The van der Waals surface area contributed by atoms with Crippen LogP contribution in [0.5, 0.6) is 0 Å². The van der Waals surface area contributed by atoms with Gasteiger partial charge in [0.1, 0.15) is 17.0 Å². The molecule has 0 amide bonds. The molecule has 0 aliphatic heterocycles. The van der Waals surface area contributed by atoms with Gasteiger partial charge in [0.05, 0.1) is 70.7 Å². The Hall–Kier alpha value is -8.67. The van der Waals surface area contributed by atoms with Crippen molar-refractivity contribution in [3.05, 3.63) is 218 Å². The fraction of sp³-hybridized carbons (Fsp3) is 0.0167. The van der Waals surface area contributed by atoms with Crippen LogP contribution in [0, 0.1) is 6.92 Å². The maximum atomic E-state index is 9.57. The Morgan fingerprint density at radius 3 is 1.77 bits per heavy atom. The van der Waals surface area contributed by atoms with Crippen molar-refractivity contribution in [1.82, 2.24) is 18.7 Å². The lowest BCUT2D eigenvalue weighted by Crippen LogP contribution is -2.06. The summed E-state index contributed by atoms with van der Waals surface area (Å²) < 4.78 is 149. The van der Waals surface area contributed by atoms with Crippen LogP contribution in [0.2, 0.25) is 0 Å². The van der Waals surface area contributed by atoms with Gasteiger partial charge in [0.25, 0.3) is 0 Å². The molecule has 0 spiro atoms. The second-order valence-corrected chi connectivity index (χ2v) is 16.0. The first-order chi connectivity index (χ1) is 38.4. The molecule has 14 aromatic rings. The van der Waals surface area contributed by atoms with Crippen molar-refractivity contribution in [3.63, 3.8) is 0 Å². The SMILES string of the molecule is [2H]c1c([2H])c([2H])c2c(c1[2H])c1c([2H])c([2H])c([2H])c([2H])c1n2-c1cc(-c2c(-c3ccc4oc5ccccc5c4c3)cccc2-n2c3ccccc3c3ccccc32)nc(-n2c3c([2H])c([2H])c([2H])c([2H])c3c3c([2H])c([2H])c([2H])c(C)c32)c1.